The first-order chi connectivity index (χ1) is 63.1. The molecule has 0 aliphatic carbocycles. The lowest BCUT2D eigenvalue weighted by molar-refractivity contribution is -0.193. The lowest BCUT2D eigenvalue weighted by atomic mass is 9.98. The molecule has 0 radical (unpaired) electrons. The SMILES string of the molecule is CCCCCCNC(=O)C(C(C)C)N(CCCCCC(=O)OC)C(=O)CCCCCN(C(=O)CCCC(=O)N(CCCCCC)C(C(=O)NCCCCCC)C(C)C)C(CCCC(=O)N(CCCCCC)C(C(=O)NCCCCCC(=O)OC)C(C)C)C(=O)NCCC(=O)N(CCCCCC(=O)OC)C(C(=O)NCCCCCC(=O)OC)C(C)C.O=C=O.O=C=O.O=C=O.O=C=O. The summed E-state index contributed by atoms with van der Waals surface area (Å²) in [6, 6.07) is -4.59. The highest BCUT2D eigenvalue weighted by atomic mass is 16.5. The lowest BCUT2D eigenvalue weighted by Crippen LogP contribution is -2.54. The van der Waals surface area contributed by atoms with Gasteiger partial charge in [-0.25, -0.2) is 0 Å². The molecule has 5 N–H and O–H groups in total. The first-order valence-corrected chi connectivity index (χ1v) is 48.3. The molecule has 5 atom stereocenters. The topological polar surface area (TPSA) is 489 Å². The van der Waals surface area contributed by atoms with Crippen molar-refractivity contribution >= 4 is 108 Å². The van der Waals surface area contributed by atoms with Gasteiger partial charge < -0.3 is 70.0 Å². The van der Waals surface area contributed by atoms with Crippen molar-refractivity contribution in [3.63, 3.8) is 0 Å². The van der Waals surface area contributed by atoms with Crippen LogP contribution in [0.3, 0.4) is 0 Å². The third kappa shape index (κ3) is 66.5. The van der Waals surface area contributed by atoms with Gasteiger partial charge in [-0.2, -0.15) is 38.4 Å². The second-order valence-corrected chi connectivity index (χ2v) is 34.1. The van der Waals surface area contributed by atoms with E-state index >= 15 is 14.4 Å². The molecule has 0 aromatic heterocycles. The maximum Gasteiger partial charge on any atom is 0.373 e. The molecule has 0 aromatic carbocycles. The number of ether oxygens (including phenoxy) is 4. The van der Waals surface area contributed by atoms with Gasteiger partial charge in [0.1, 0.15) is 30.2 Å². The summed E-state index contributed by atoms with van der Waals surface area (Å²) in [6.45, 7) is 25.9. The first-order valence-electron chi connectivity index (χ1n) is 48.3. The summed E-state index contributed by atoms with van der Waals surface area (Å²) in [6.07, 6.45) is 23.5. The number of esters is 4. The van der Waals surface area contributed by atoms with Crippen LogP contribution >= 0.6 is 0 Å². The van der Waals surface area contributed by atoms with Crippen LogP contribution < -0.4 is 26.6 Å². The van der Waals surface area contributed by atoms with Gasteiger partial charge in [-0.15, -0.1) is 0 Å². The largest absolute Gasteiger partial charge is 0.469 e. The average molecular weight is 1880 g/mol. The Kier molecular flexibility index (Phi) is 88.0. The maximum absolute atomic E-state index is 15.6. The minimum atomic E-state index is -1.27. The molecule has 0 aliphatic heterocycles. The summed E-state index contributed by atoms with van der Waals surface area (Å²) in [4.78, 5) is 269. The normalized spacial score (nSPS) is 11.6. The highest BCUT2D eigenvalue weighted by molar-refractivity contribution is 5.92. The van der Waals surface area contributed by atoms with E-state index in [-0.39, 0.29) is 236 Å². The smallest absolute Gasteiger partial charge is 0.373 e. The third-order valence-electron chi connectivity index (χ3n) is 22.1. The molecular weight excluding hydrogens is 1710 g/mol. The van der Waals surface area contributed by atoms with Crippen molar-refractivity contribution in [2.24, 2.45) is 23.7 Å². The van der Waals surface area contributed by atoms with E-state index in [4.69, 9.17) is 57.3 Å². The summed E-state index contributed by atoms with van der Waals surface area (Å²) in [5.74, 6) is -6.03. The molecule has 758 valence electrons. The summed E-state index contributed by atoms with van der Waals surface area (Å²) >= 11 is 0. The van der Waals surface area contributed by atoms with Gasteiger partial charge in [0.25, 0.3) is 0 Å². The van der Waals surface area contributed by atoms with Crippen LogP contribution in [-0.2, 0) is 124 Å². The van der Waals surface area contributed by atoms with E-state index in [0.29, 0.717) is 129 Å². The van der Waals surface area contributed by atoms with Gasteiger partial charge >= 0.3 is 48.5 Å². The number of carbonyl (C=O) groups excluding carboxylic acids is 22. The highest BCUT2D eigenvalue weighted by Crippen LogP contribution is 2.25. The van der Waals surface area contributed by atoms with Crippen LogP contribution in [0.5, 0.6) is 0 Å². The minimum absolute atomic E-state index is 0.00957. The molecular formula is C96H168N10O26. The Morgan fingerprint density at radius 2 is 0.424 bits per heavy atom. The Labute approximate surface area is 786 Å². The van der Waals surface area contributed by atoms with Gasteiger partial charge in [0.2, 0.25) is 59.1 Å². The fourth-order valence-corrected chi connectivity index (χ4v) is 15.3. The molecule has 0 rings (SSSR count). The van der Waals surface area contributed by atoms with Crippen molar-refractivity contribution in [2.45, 2.75) is 389 Å². The zero-order chi connectivity index (χ0) is 101. The van der Waals surface area contributed by atoms with Gasteiger partial charge in [0, 0.05) is 123 Å². The fraction of sp³-hybridized carbons (Fsp3) is 0.812. The van der Waals surface area contributed by atoms with Crippen molar-refractivity contribution in [3.05, 3.63) is 0 Å². The molecule has 10 amide bonds. The van der Waals surface area contributed by atoms with Gasteiger partial charge in [0.15, 0.2) is 0 Å². The molecule has 0 aromatic rings. The Bertz CT molecular complexity index is 3270. The predicted octanol–water partition coefficient (Wildman–Crippen LogP) is 11.4. The monoisotopic (exact) mass is 1880 g/mol. The van der Waals surface area contributed by atoms with Gasteiger partial charge in [0.05, 0.1) is 28.4 Å². The lowest BCUT2D eigenvalue weighted by Gasteiger charge is -2.35. The zero-order valence-corrected chi connectivity index (χ0v) is 83.0. The van der Waals surface area contributed by atoms with Crippen molar-refractivity contribution in [1.29, 1.82) is 0 Å². The number of methoxy groups -OCH3 is 4. The molecule has 0 heterocycles. The van der Waals surface area contributed by atoms with Crippen LogP contribution in [0.2, 0.25) is 0 Å². The van der Waals surface area contributed by atoms with Gasteiger partial charge in [-0.1, -0.05) is 192 Å². The van der Waals surface area contributed by atoms with E-state index in [1.165, 1.54) is 38.2 Å². The molecule has 0 saturated heterocycles. The number of rotatable bonds is 75. The summed E-state index contributed by atoms with van der Waals surface area (Å²) < 4.78 is 19.3. The molecule has 0 fully saturated rings. The van der Waals surface area contributed by atoms with E-state index < -0.39 is 47.9 Å². The maximum atomic E-state index is 15.6. The van der Waals surface area contributed by atoms with Gasteiger partial charge in [-0.3, -0.25) is 67.1 Å². The Balaban J connectivity index is -0.00000422. The second kappa shape index (κ2) is 89.0. The Hall–Kier alpha value is -9.90. The molecule has 36 heteroatoms. The summed E-state index contributed by atoms with van der Waals surface area (Å²) in [5.41, 5.74) is 0. The van der Waals surface area contributed by atoms with Crippen LogP contribution in [0.25, 0.3) is 0 Å². The number of nitrogens with one attached hydrogen (secondary N) is 5. The van der Waals surface area contributed by atoms with E-state index in [1.807, 2.05) is 55.4 Å². The number of unbranched alkanes of at least 4 members (excludes halogenated alkanes) is 22. The van der Waals surface area contributed by atoms with E-state index in [2.05, 4.69) is 54.3 Å². The average Bonchev–Trinajstić information content (AvgIpc) is 0.847. The van der Waals surface area contributed by atoms with E-state index in [1.54, 1.807) is 14.7 Å². The predicted molar refractivity (Wildman–Crippen MR) is 491 cm³/mol. The quantitative estimate of drug-likeness (QED) is 0.0214. The standard InChI is InChI=1S/C92H168N10O18.4CO2/c1-17-21-25-39-60-93-89(113)84(70(5)6)99(68-46-32-37-57-82(110)119-15)76(104)51-34-31-45-65-98(75(103)53-49-54-78(106)101(67-44-28-24-20-4)86(72(9)10)90(114)94-61-40-26-22-18-2)74(50-48-52-77(105)100(66-43-27-23-19-3)85(71(7)8)91(115)95-62-41-29-35-55-80(108)117-13)88(112)97-64-59-79(107)102(69-47-33-38-58-83(111)120-16)87(73(11)12)92(116)96-63-42-30-36-56-81(109)118-14;4*2-1-3/h70-74,84-87H,17-69H2,1-16H3,(H,93,113)(H,94,114)(H,95,115)(H,96,116)(H,97,112);;;;. The molecule has 36 nitrogen and oxygen atoms in total. The highest BCUT2D eigenvalue weighted by Gasteiger charge is 2.38. The van der Waals surface area contributed by atoms with Crippen molar-refractivity contribution in [3.8, 4) is 0 Å². The minimum Gasteiger partial charge on any atom is -0.469 e. The van der Waals surface area contributed by atoms with Crippen LogP contribution in [-0.4, -0.2) is 256 Å². The molecule has 0 saturated carbocycles. The summed E-state index contributed by atoms with van der Waals surface area (Å²) in [7, 11) is 5.33. The number of amides is 10. The van der Waals surface area contributed by atoms with Crippen molar-refractivity contribution in [2.75, 3.05) is 93.9 Å². The van der Waals surface area contributed by atoms with Gasteiger partial charge in [-0.05, 0) is 133 Å². The number of nitrogens with zero attached hydrogens (tertiary/aromatic N) is 5. The van der Waals surface area contributed by atoms with E-state index in [9.17, 15) is 52.7 Å². The molecule has 0 bridgehead atoms. The number of carbonyl (C=O) groups is 14. The van der Waals surface area contributed by atoms with Crippen molar-refractivity contribution in [1.82, 2.24) is 51.1 Å². The molecule has 0 aliphatic rings. The Morgan fingerprint density at radius 1 is 0.227 bits per heavy atom. The third-order valence-corrected chi connectivity index (χ3v) is 22.1. The second-order valence-electron chi connectivity index (χ2n) is 34.1. The van der Waals surface area contributed by atoms with Crippen LogP contribution in [0.1, 0.15) is 359 Å². The first kappa shape index (κ1) is 131. The van der Waals surface area contributed by atoms with Crippen LogP contribution in [0.15, 0.2) is 0 Å². The number of hydrogen-bond donors (Lipinski definition) is 5. The molecule has 132 heavy (non-hydrogen) atoms. The molecule has 5 unspecified atom stereocenters. The zero-order valence-electron chi connectivity index (χ0n) is 83.0. The number of hydrogen-bond acceptors (Lipinski definition) is 26. The van der Waals surface area contributed by atoms with Crippen LogP contribution in [0.4, 0.5) is 0 Å². The summed E-state index contributed by atoms with van der Waals surface area (Å²) in [5, 5.41) is 15.3. The fourth-order valence-electron chi connectivity index (χ4n) is 15.3. The van der Waals surface area contributed by atoms with Crippen LogP contribution in [0, 0.1) is 23.7 Å². The van der Waals surface area contributed by atoms with Crippen molar-refractivity contribution < 1.29 is 124 Å². The van der Waals surface area contributed by atoms with E-state index in [0.717, 1.165) is 89.9 Å². The molecule has 0 spiro atoms. The Morgan fingerprint density at radius 3 is 0.674 bits per heavy atom.